The molecule has 0 radical (unpaired) electrons. The molecule has 80 valence electrons. The first-order valence-corrected chi connectivity index (χ1v) is 5.44. The smallest absolute Gasteiger partial charge is 0.131 e. The highest BCUT2D eigenvalue weighted by atomic mass is 14.8. The Bertz CT molecular complexity index is 435. The molecule has 2 nitrogen and oxygen atoms in total. The number of nitrogens with two attached hydrogens (primary N) is 1. The highest BCUT2D eigenvalue weighted by molar-refractivity contribution is 5.91. The lowest BCUT2D eigenvalue weighted by Gasteiger charge is -2.02. The third kappa shape index (κ3) is 2.46. The standard InChI is InChI=1S/C11H12N2.C2H6/c1-2-8-3-4-9-5-6-13-11(12)10(9)7-8;1-2/h3-7H,2H2,1H3,(H2,12,13);1-2H3. The summed E-state index contributed by atoms with van der Waals surface area (Å²) in [4.78, 5) is 4.06. The van der Waals surface area contributed by atoms with Crippen molar-refractivity contribution >= 4 is 16.6 Å². The minimum Gasteiger partial charge on any atom is -0.383 e. The highest BCUT2D eigenvalue weighted by Gasteiger charge is 1.98. The molecule has 0 aliphatic heterocycles. The summed E-state index contributed by atoms with van der Waals surface area (Å²) in [5.74, 6) is 0.618. The van der Waals surface area contributed by atoms with Crippen LogP contribution in [0.25, 0.3) is 10.8 Å². The summed E-state index contributed by atoms with van der Waals surface area (Å²) in [6, 6.07) is 8.30. The van der Waals surface area contributed by atoms with Crippen LogP contribution in [0.2, 0.25) is 0 Å². The second-order valence-electron chi connectivity index (χ2n) is 3.11. The van der Waals surface area contributed by atoms with Gasteiger partial charge in [0.2, 0.25) is 0 Å². The van der Waals surface area contributed by atoms with Crippen molar-refractivity contribution in [3.05, 3.63) is 36.0 Å². The average molecular weight is 202 g/mol. The van der Waals surface area contributed by atoms with Crippen molar-refractivity contribution in [2.24, 2.45) is 0 Å². The number of hydrogen-bond acceptors (Lipinski definition) is 2. The third-order valence-electron chi connectivity index (χ3n) is 2.27. The van der Waals surface area contributed by atoms with Gasteiger partial charge in [-0.15, -0.1) is 0 Å². The number of pyridine rings is 1. The molecule has 0 bridgehead atoms. The van der Waals surface area contributed by atoms with Crippen molar-refractivity contribution in [2.75, 3.05) is 5.73 Å². The third-order valence-corrected chi connectivity index (χ3v) is 2.27. The molecule has 0 atom stereocenters. The molecule has 0 saturated heterocycles. The van der Waals surface area contributed by atoms with Gasteiger partial charge in [-0.3, -0.25) is 0 Å². The summed E-state index contributed by atoms with van der Waals surface area (Å²) in [5.41, 5.74) is 7.07. The van der Waals surface area contributed by atoms with Gasteiger partial charge in [0.05, 0.1) is 0 Å². The largest absolute Gasteiger partial charge is 0.383 e. The van der Waals surface area contributed by atoms with E-state index in [4.69, 9.17) is 5.73 Å². The van der Waals surface area contributed by atoms with Gasteiger partial charge in [0.15, 0.2) is 0 Å². The van der Waals surface area contributed by atoms with Crippen molar-refractivity contribution < 1.29 is 0 Å². The fraction of sp³-hybridized carbons (Fsp3) is 0.308. The van der Waals surface area contributed by atoms with Crippen LogP contribution in [0.3, 0.4) is 0 Å². The van der Waals surface area contributed by atoms with Gasteiger partial charge in [-0.25, -0.2) is 4.98 Å². The van der Waals surface area contributed by atoms with E-state index in [0.717, 1.165) is 17.2 Å². The number of nitrogen functional groups attached to an aromatic ring is 1. The van der Waals surface area contributed by atoms with Gasteiger partial charge in [0, 0.05) is 11.6 Å². The Morgan fingerprint density at radius 1 is 1.20 bits per heavy atom. The van der Waals surface area contributed by atoms with E-state index in [0.29, 0.717) is 5.82 Å². The van der Waals surface area contributed by atoms with Gasteiger partial charge in [0.1, 0.15) is 5.82 Å². The van der Waals surface area contributed by atoms with Gasteiger partial charge >= 0.3 is 0 Å². The molecule has 1 aromatic carbocycles. The van der Waals surface area contributed by atoms with E-state index in [1.54, 1.807) is 6.20 Å². The predicted octanol–water partition coefficient (Wildman–Crippen LogP) is 3.41. The predicted molar refractivity (Wildman–Crippen MR) is 66.9 cm³/mol. The first kappa shape index (κ1) is 11.5. The van der Waals surface area contributed by atoms with Crippen LogP contribution in [-0.4, -0.2) is 4.98 Å². The van der Waals surface area contributed by atoms with Gasteiger partial charge < -0.3 is 5.73 Å². The Kier molecular flexibility index (Phi) is 4.10. The van der Waals surface area contributed by atoms with Crippen LogP contribution in [0.5, 0.6) is 0 Å². The molecule has 0 spiro atoms. The Balaban J connectivity index is 0.000000531. The lowest BCUT2D eigenvalue weighted by molar-refractivity contribution is 1.15. The fourth-order valence-electron chi connectivity index (χ4n) is 1.46. The maximum Gasteiger partial charge on any atom is 0.131 e. The molecule has 1 aromatic heterocycles. The van der Waals surface area contributed by atoms with Gasteiger partial charge in [-0.1, -0.05) is 32.9 Å². The lowest BCUT2D eigenvalue weighted by atomic mass is 10.1. The van der Waals surface area contributed by atoms with Crippen LogP contribution in [0.1, 0.15) is 26.3 Å². The molecule has 0 aliphatic rings. The number of aryl methyl sites for hydroxylation is 1. The van der Waals surface area contributed by atoms with E-state index in [9.17, 15) is 0 Å². The summed E-state index contributed by atoms with van der Waals surface area (Å²) in [7, 11) is 0. The first-order chi connectivity index (χ1) is 7.31. The van der Waals surface area contributed by atoms with E-state index in [-0.39, 0.29) is 0 Å². The number of nitrogens with zero attached hydrogens (tertiary/aromatic N) is 1. The Morgan fingerprint density at radius 2 is 1.93 bits per heavy atom. The van der Waals surface area contributed by atoms with Crippen LogP contribution in [0, 0.1) is 0 Å². The molecular formula is C13H18N2. The summed E-state index contributed by atoms with van der Waals surface area (Å²) in [6.45, 7) is 6.13. The minimum atomic E-state index is 0.618. The zero-order chi connectivity index (χ0) is 11.3. The normalized spacial score (nSPS) is 9.53. The van der Waals surface area contributed by atoms with Crippen molar-refractivity contribution in [3.8, 4) is 0 Å². The number of rotatable bonds is 1. The van der Waals surface area contributed by atoms with Gasteiger partial charge in [-0.05, 0) is 29.5 Å². The molecular weight excluding hydrogens is 184 g/mol. The van der Waals surface area contributed by atoms with Crippen LogP contribution < -0.4 is 5.73 Å². The second kappa shape index (κ2) is 5.35. The van der Waals surface area contributed by atoms with Crippen molar-refractivity contribution in [1.82, 2.24) is 4.98 Å². The zero-order valence-electron chi connectivity index (χ0n) is 9.62. The number of benzene rings is 1. The Morgan fingerprint density at radius 3 is 2.60 bits per heavy atom. The average Bonchev–Trinajstić information content (AvgIpc) is 2.32. The molecule has 15 heavy (non-hydrogen) atoms. The molecule has 2 N–H and O–H groups in total. The molecule has 2 aromatic rings. The summed E-state index contributed by atoms with van der Waals surface area (Å²) in [6.07, 6.45) is 2.77. The monoisotopic (exact) mass is 202 g/mol. The Hall–Kier alpha value is -1.57. The number of aromatic nitrogens is 1. The summed E-state index contributed by atoms with van der Waals surface area (Å²) >= 11 is 0. The maximum absolute atomic E-state index is 5.77. The molecule has 0 unspecified atom stereocenters. The van der Waals surface area contributed by atoms with Crippen molar-refractivity contribution in [2.45, 2.75) is 27.2 Å². The number of hydrogen-bond donors (Lipinski definition) is 1. The minimum absolute atomic E-state index is 0.618. The maximum atomic E-state index is 5.77. The molecule has 0 amide bonds. The SMILES string of the molecule is CC.CCc1ccc2ccnc(N)c2c1. The van der Waals surface area contributed by atoms with E-state index in [2.05, 4.69) is 30.1 Å². The molecule has 0 fully saturated rings. The molecule has 1 heterocycles. The van der Waals surface area contributed by atoms with Crippen molar-refractivity contribution in [1.29, 1.82) is 0 Å². The van der Waals surface area contributed by atoms with E-state index in [1.165, 1.54) is 5.56 Å². The van der Waals surface area contributed by atoms with Crippen LogP contribution in [-0.2, 0) is 6.42 Å². The van der Waals surface area contributed by atoms with Crippen LogP contribution >= 0.6 is 0 Å². The van der Waals surface area contributed by atoms with E-state index in [1.807, 2.05) is 19.9 Å². The molecule has 2 heteroatoms. The summed E-state index contributed by atoms with van der Waals surface area (Å²) < 4.78 is 0. The Labute approximate surface area is 91.1 Å². The van der Waals surface area contributed by atoms with Crippen LogP contribution in [0.15, 0.2) is 30.5 Å². The van der Waals surface area contributed by atoms with Gasteiger partial charge in [-0.2, -0.15) is 0 Å². The fourth-order valence-corrected chi connectivity index (χ4v) is 1.46. The number of fused-ring (bicyclic) bond motifs is 1. The van der Waals surface area contributed by atoms with E-state index < -0.39 is 0 Å². The first-order valence-electron chi connectivity index (χ1n) is 5.44. The number of anilines is 1. The quantitative estimate of drug-likeness (QED) is 0.769. The molecule has 0 saturated carbocycles. The zero-order valence-corrected chi connectivity index (χ0v) is 9.62. The molecule has 0 aliphatic carbocycles. The van der Waals surface area contributed by atoms with Crippen LogP contribution in [0.4, 0.5) is 5.82 Å². The topological polar surface area (TPSA) is 38.9 Å². The van der Waals surface area contributed by atoms with Gasteiger partial charge in [0.25, 0.3) is 0 Å². The van der Waals surface area contributed by atoms with E-state index >= 15 is 0 Å². The summed E-state index contributed by atoms with van der Waals surface area (Å²) in [5, 5.41) is 2.21. The second-order valence-corrected chi connectivity index (χ2v) is 3.11. The highest BCUT2D eigenvalue weighted by Crippen LogP contribution is 2.20. The lowest BCUT2D eigenvalue weighted by Crippen LogP contribution is -1.91. The molecule has 2 rings (SSSR count). The van der Waals surface area contributed by atoms with Crippen molar-refractivity contribution in [3.63, 3.8) is 0 Å².